The predicted octanol–water partition coefficient (Wildman–Crippen LogP) is 2.41. The molecule has 0 fully saturated rings. The Kier molecular flexibility index (Phi) is 3.24. The lowest BCUT2D eigenvalue weighted by molar-refractivity contribution is -0.136. The topological polar surface area (TPSA) is 50.1 Å². The first-order valence-corrected chi connectivity index (χ1v) is 5.51. The molecule has 1 aliphatic rings. The van der Waals surface area contributed by atoms with Crippen LogP contribution < -0.4 is 0 Å². The zero-order valence-electron chi connectivity index (χ0n) is 9.59. The number of nitriles is 1. The van der Waals surface area contributed by atoms with Crippen molar-refractivity contribution in [2.45, 2.75) is 12.3 Å². The number of hydrogen-bond acceptors (Lipinski definition) is 3. The second kappa shape index (κ2) is 4.84. The summed E-state index contributed by atoms with van der Waals surface area (Å²) < 4.78 is 4.76. The Balaban J connectivity index is 2.37. The van der Waals surface area contributed by atoms with Gasteiger partial charge in [-0.25, -0.2) is 4.79 Å². The van der Waals surface area contributed by atoms with E-state index in [0.29, 0.717) is 12.0 Å². The van der Waals surface area contributed by atoms with E-state index in [1.54, 1.807) is 0 Å². The quantitative estimate of drug-likeness (QED) is 0.729. The lowest BCUT2D eigenvalue weighted by Crippen LogP contribution is -2.15. The normalized spacial score (nSPS) is 22.7. The van der Waals surface area contributed by atoms with Crippen molar-refractivity contribution in [1.82, 2.24) is 0 Å². The van der Waals surface area contributed by atoms with Crippen molar-refractivity contribution in [3.8, 4) is 6.07 Å². The second-order valence-corrected chi connectivity index (χ2v) is 4.01. The van der Waals surface area contributed by atoms with Crippen LogP contribution in [0.4, 0.5) is 0 Å². The van der Waals surface area contributed by atoms with Crippen LogP contribution in [0.25, 0.3) is 0 Å². The lowest BCUT2D eigenvalue weighted by atomic mass is 9.85. The molecule has 0 aliphatic heterocycles. The number of nitrogens with zero attached hydrogens (tertiary/aromatic N) is 1. The molecule has 2 atom stereocenters. The minimum absolute atomic E-state index is 0.159. The Labute approximate surface area is 100 Å². The maximum Gasteiger partial charge on any atom is 0.334 e. The van der Waals surface area contributed by atoms with Gasteiger partial charge in [0.2, 0.25) is 0 Å². The minimum atomic E-state index is -0.336. The number of carbonyl (C=O) groups is 1. The van der Waals surface area contributed by atoms with Gasteiger partial charge in [0, 0.05) is 11.5 Å². The molecule has 0 heterocycles. The highest BCUT2D eigenvalue weighted by molar-refractivity contribution is 5.91. The lowest BCUT2D eigenvalue weighted by Gasteiger charge is -2.17. The molecule has 3 heteroatoms. The molecule has 0 aromatic heterocycles. The largest absolute Gasteiger partial charge is 0.466 e. The third kappa shape index (κ3) is 2.07. The molecule has 0 N–H and O–H groups in total. The number of rotatable bonds is 2. The average molecular weight is 227 g/mol. The monoisotopic (exact) mass is 227 g/mol. The van der Waals surface area contributed by atoms with E-state index in [0.717, 1.165) is 5.56 Å². The Morgan fingerprint density at radius 1 is 1.41 bits per heavy atom. The van der Waals surface area contributed by atoms with Crippen LogP contribution in [0.2, 0.25) is 0 Å². The van der Waals surface area contributed by atoms with Crippen LogP contribution in [-0.2, 0) is 9.53 Å². The van der Waals surface area contributed by atoms with Crippen LogP contribution >= 0.6 is 0 Å². The molecule has 2 rings (SSSR count). The molecule has 17 heavy (non-hydrogen) atoms. The van der Waals surface area contributed by atoms with Crippen molar-refractivity contribution in [1.29, 1.82) is 5.26 Å². The fraction of sp³-hybridized carbons (Fsp3) is 0.286. The van der Waals surface area contributed by atoms with Gasteiger partial charge in [-0.2, -0.15) is 5.26 Å². The Bertz CT molecular complexity index is 485. The summed E-state index contributed by atoms with van der Waals surface area (Å²) in [7, 11) is 1.37. The Morgan fingerprint density at radius 3 is 2.71 bits per heavy atom. The smallest absolute Gasteiger partial charge is 0.334 e. The third-order valence-corrected chi connectivity index (χ3v) is 3.07. The van der Waals surface area contributed by atoms with Crippen LogP contribution in [0.5, 0.6) is 0 Å². The van der Waals surface area contributed by atoms with Crippen molar-refractivity contribution in [3.63, 3.8) is 0 Å². The highest BCUT2D eigenvalue weighted by atomic mass is 16.5. The molecule has 0 saturated heterocycles. The zero-order valence-corrected chi connectivity index (χ0v) is 9.59. The van der Waals surface area contributed by atoms with E-state index in [4.69, 9.17) is 10.00 Å². The average Bonchev–Trinajstić information content (AvgIpc) is 2.82. The first-order chi connectivity index (χ1) is 8.27. The van der Waals surface area contributed by atoms with Gasteiger partial charge in [-0.3, -0.25) is 0 Å². The molecule has 0 amide bonds. The van der Waals surface area contributed by atoms with Crippen molar-refractivity contribution in [2.24, 2.45) is 5.92 Å². The van der Waals surface area contributed by atoms with Crippen LogP contribution in [0, 0.1) is 17.2 Å². The number of esters is 1. The van der Waals surface area contributed by atoms with E-state index in [9.17, 15) is 4.79 Å². The van der Waals surface area contributed by atoms with Crippen LogP contribution in [0.1, 0.15) is 17.9 Å². The summed E-state index contributed by atoms with van der Waals surface area (Å²) in [5, 5.41) is 9.13. The van der Waals surface area contributed by atoms with Crippen molar-refractivity contribution in [3.05, 3.63) is 47.5 Å². The molecule has 1 aromatic carbocycles. The molecule has 0 spiro atoms. The maximum absolute atomic E-state index is 11.7. The summed E-state index contributed by atoms with van der Waals surface area (Å²) in [5.41, 5.74) is 1.60. The van der Waals surface area contributed by atoms with Gasteiger partial charge in [0.05, 0.1) is 19.1 Å². The number of ether oxygens (including phenoxy) is 1. The first kappa shape index (κ1) is 11.4. The molecule has 1 aliphatic carbocycles. The SMILES string of the molecule is COC(=O)C1=CC[C@H](C#N)[C@H]1c1ccccc1. The number of carbonyl (C=O) groups excluding carboxylic acids is 1. The van der Waals surface area contributed by atoms with Crippen molar-refractivity contribution < 1.29 is 9.53 Å². The summed E-state index contributed by atoms with van der Waals surface area (Å²) >= 11 is 0. The highest BCUT2D eigenvalue weighted by Crippen LogP contribution is 2.40. The van der Waals surface area contributed by atoms with Crippen LogP contribution in [-0.4, -0.2) is 13.1 Å². The summed E-state index contributed by atoms with van der Waals surface area (Å²) in [6, 6.07) is 11.9. The summed E-state index contributed by atoms with van der Waals surface area (Å²) in [6.07, 6.45) is 2.43. The van der Waals surface area contributed by atoms with Gasteiger partial charge < -0.3 is 4.74 Å². The maximum atomic E-state index is 11.7. The fourth-order valence-electron chi connectivity index (χ4n) is 2.26. The Hall–Kier alpha value is -2.08. The van der Waals surface area contributed by atoms with E-state index in [2.05, 4.69) is 6.07 Å². The summed E-state index contributed by atoms with van der Waals surface area (Å²) in [5.74, 6) is -0.670. The van der Waals surface area contributed by atoms with Crippen LogP contribution in [0.15, 0.2) is 42.0 Å². The number of methoxy groups -OCH3 is 1. The van der Waals surface area contributed by atoms with Gasteiger partial charge in [-0.15, -0.1) is 0 Å². The zero-order chi connectivity index (χ0) is 12.3. The number of benzene rings is 1. The third-order valence-electron chi connectivity index (χ3n) is 3.07. The summed E-state index contributed by atoms with van der Waals surface area (Å²) in [4.78, 5) is 11.7. The molecule has 0 unspecified atom stereocenters. The van der Waals surface area contributed by atoms with Gasteiger partial charge in [-0.05, 0) is 12.0 Å². The van der Waals surface area contributed by atoms with Crippen molar-refractivity contribution >= 4 is 5.97 Å². The minimum Gasteiger partial charge on any atom is -0.466 e. The van der Waals surface area contributed by atoms with E-state index < -0.39 is 0 Å². The van der Waals surface area contributed by atoms with Gasteiger partial charge in [0.1, 0.15) is 0 Å². The first-order valence-electron chi connectivity index (χ1n) is 5.51. The summed E-state index contributed by atoms with van der Waals surface area (Å²) in [6.45, 7) is 0. The fourth-order valence-corrected chi connectivity index (χ4v) is 2.26. The van der Waals surface area contributed by atoms with Crippen LogP contribution in [0.3, 0.4) is 0 Å². The van der Waals surface area contributed by atoms with Gasteiger partial charge in [-0.1, -0.05) is 36.4 Å². The molecule has 1 aromatic rings. The van der Waals surface area contributed by atoms with Gasteiger partial charge >= 0.3 is 5.97 Å². The molecule has 0 saturated carbocycles. The molecule has 3 nitrogen and oxygen atoms in total. The van der Waals surface area contributed by atoms with E-state index >= 15 is 0 Å². The van der Waals surface area contributed by atoms with Gasteiger partial charge in [0.15, 0.2) is 0 Å². The van der Waals surface area contributed by atoms with Gasteiger partial charge in [0.25, 0.3) is 0 Å². The predicted molar refractivity (Wildman–Crippen MR) is 63.0 cm³/mol. The molecular formula is C14H13NO2. The van der Waals surface area contributed by atoms with E-state index in [1.807, 2.05) is 36.4 Å². The Morgan fingerprint density at radius 2 is 2.12 bits per heavy atom. The molecule has 0 bridgehead atoms. The molecular weight excluding hydrogens is 214 g/mol. The van der Waals surface area contributed by atoms with E-state index in [-0.39, 0.29) is 17.8 Å². The van der Waals surface area contributed by atoms with Crippen molar-refractivity contribution in [2.75, 3.05) is 7.11 Å². The molecule has 0 radical (unpaired) electrons. The number of hydrogen-bond donors (Lipinski definition) is 0. The molecule has 86 valence electrons. The highest BCUT2D eigenvalue weighted by Gasteiger charge is 2.35. The number of allylic oxidation sites excluding steroid dienone is 1. The van der Waals surface area contributed by atoms with E-state index in [1.165, 1.54) is 7.11 Å². The standard InChI is InChI=1S/C14H13NO2/c1-17-14(16)12-8-7-11(9-15)13(12)10-5-3-2-4-6-10/h2-6,8,11,13H,7H2,1H3/t11-,13-/m1/s1. The second-order valence-electron chi connectivity index (χ2n) is 4.01.